The summed E-state index contributed by atoms with van der Waals surface area (Å²) in [7, 11) is 1.51. The molecule has 1 heterocycles. The highest BCUT2D eigenvalue weighted by molar-refractivity contribution is 5.93. The molecule has 3 amide bonds. The van der Waals surface area contributed by atoms with Crippen LogP contribution in [0.25, 0.3) is 0 Å². The second-order valence-corrected chi connectivity index (χ2v) is 10.1. The molecule has 2 aromatic rings. The zero-order chi connectivity index (χ0) is 28.2. The van der Waals surface area contributed by atoms with E-state index in [-0.39, 0.29) is 24.2 Å². The predicted molar refractivity (Wildman–Crippen MR) is 150 cm³/mol. The van der Waals surface area contributed by atoms with Crippen molar-refractivity contribution in [3.05, 3.63) is 65.7 Å². The monoisotopic (exact) mass is 538 g/mol. The van der Waals surface area contributed by atoms with Crippen molar-refractivity contribution in [3.63, 3.8) is 0 Å². The second kappa shape index (κ2) is 15.2. The maximum atomic E-state index is 13.5. The Morgan fingerprint density at radius 1 is 1.03 bits per heavy atom. The number of fused-ring (bicyclic) bond motifs is 1. The lowest BCUT2D eigenvalue weighted by atomic mass is 9.97. The highest BCUT2D eigenvalue weighted by Crippen LogP contribution is 2.20. The molecule has 0 aromatic heterocycles. The highest BCUT2D eigenvalue weighted by atomic mass is 16.5. The average molecular weight is 539 g/mol. The third-order valence-electron chi connectivity index (χ3n) is 7.30. The number of carbonyl (C=O) groups excluding carboxylic acids is 3. The van der Waals surface area contributed by atoms with Crippen LogP contribution < -0.4 is 20.7 Å². The van der Waals surface area contributed by atoms with Crippen LogP contribution >= 0.6 is 0 Å². The third-order valence-corrected chi connectivity index (χ3v) is 7.30. The van der Waals surface area contributed by atoms with E-state index in [0.717, 1.165) is 23.3 Å². The molecule has 0 bridgehead atoms. The molecule has 0 saturated heterocycles. The molecule has 3 rings (SSSR count). The molecule has 0 saturated carbocycles. The van der Waals surface area contributed by atoms with Crippen LogP contribution in [0, 0.1) is 5.92 Å². The van der Waals surface area contributed by atoms with Gasteiger partial charge in [-0.2, -0.15) is 0 Å². The molecule has 1 aliphatic rings. The zero-order valence-electron chi connectivity index (χ0n) is 23.2. The minimum absolute atomic E-state index is 0.0168. The van der Waals surface area contributed by atoms with Gasteiger partial charge in [0.2, 0.25) is 17.7 Å². The molecule has 39 heavy (non-hydrogen) atoms. The first-order valence-corrected chi connectivity index (χ1v) is 13.8. The molecular formula is C30H42N4O5. The average Bonchev–Trinajstić information content (AvgIpc) is 2.95. The van der Waals surface area contributed by atoms with Gasteiger partial charge in [0.1, 0.15) is 24.4 Å². The van der Waals surface area contributed by atoms with Crippen molar-refractivity contribution < 1.29 is 24.2 Å². The largest absolute Gasteiger partial charge is 0.492 e. The molecule has 0 fully saturated rings. The second-order valence-electron chi connectivity index (χ2n) is 10.1. The molecule has 0 unspecified atom stereocenters. The van der Waals surface area contributed by atoms with Gasteiger partial charge >= 0.3 is 0 Å². The van der Waals surface area contributed by atoms with Crippen LogP contribution in [0.3, 0.4) is 0 Å². The molecule has 9 nitrogen and oxygen atoms in total. The number of nitrogens with one attached hydrogen (secondary N) is 3. The molecule has 0 radical (unpaired) electrons. The number of amides is 3. The van der Waals surface area contributed by atoms with Gasteiger partial charge in [0.05, 0.1) is 12.6 Å². The number of hydrogen-bond acceptors (Lipinski definition) is 6. The molecule has 4 atom stereocenters. The Morgan fingerprint density at radius 3 is 2.46 bits per heavy atom. The third kappa shape index (κ3) is 8.53. The summed E-state index contributed by atoms with van der Waals surface area (Å²) in [5, 5.41) is 19.2. The van der Waals surface area contributed by atoms with Crippen molar-refractivity contribution in [2.75, 3.05) is 33.4 Å². The van der Waals surface area contributed by atoms with Gasteiger partial charge in [-0.25, -0.2) is 0 Å². The molecule has 1 aliphatic heterocycles. The molecular weight excluding hydrogens is 496 g/mol. The van der Waals surface area contributed by atoms with Gasteiger partial charge < -0.3 is 30.7 Å². The number of aliphatic hydroxyl groups excluding tert-OH is 1. The highest BCUT2D eigenvalue weighted by Gasteiger charge is 2.34. The van der Waals surface area contributed by atoms with Crippen LogP contribution in [0.1, 0.15) is 37.8 Å². The fraction of sp³-hybridized carbons (Fsp3) is 0.500. The topological polar surface area (TPSA) is 120 Å². The Bertz CT molecular complexity index is 1080. The fourth-order valence-corrected chi connectivity index (χ4v) is 4.69. The molecule has 0 aliphatic carbocycles. The number of likely N-dealkylation sites (N-methyl/N-ethyl adjacent to an activating group) is 1. The normalized spacial score (nSPS) is 22.9. The summed E-state index contributed by atoms with van der Waals surface area (Å²) in [6.45, 7) is 4.63. The van der Waals surface area contributed by atoms with E-state index in [1.165, 1.54) is 11.9 Å². The lowest BCUT2D eigenvalue weighted by Gasteiger charge is -2.33. The molecule has 0 spiro atoms. The van der Waals surface area contributed by atoms with Crippen LogP contribution in [-0.4, -0.2) is 79.2 Å². The number of para-hydroxylation sites is 1. The van der Waals surface area contributed by atoms with Crippen LogP contribution in [0.5, 0.6) is 5.75 Å². The molecule has 4 N–H and O–H groups in total. The van der Waals surface area contributed by atoms with Crippen molar-refractivity contribution in [3.8, 4) is 5.75 Å². The summed E-state index contributed by atoms with van der Waals surface area (Å²) in [5.41, 5.74) is 1.93. The van der Waals surface area contributed by atoms with Gasteiger partial charge in [0, 0.05) is 26.6 Å². The lowest BCUT2D eigenvalue weighted by molar-refractivity contribution is -0.143. The first-order valence-electron chi connectivity index (χ1n) is 13.8. The Labute approximate surface area is 231 Å². The van der Waals surface area contributed by atoms with Gasteiger partial charge in [0.25, 0.3) is 0 Å². The first-order chi connectivity index (χ1) is 18.8. The maximum absolute atomic E-state index is 13.5. The Balaban J connectivity index is 1.88. The van der Waals surface area contributed by atoms with Gasteiger partial charge in [0.15, 0.2) is 0 Å². The molecule has 2 aromatic carbocycles. The van der Waals surface area contributed by atoms with E-state index in [0.29, 0.717) is 32.5 Å². The zero-order valence-corrected chi connectivity index (χ0v) is 23.2. The van der Waals surface area contributed by atoms with E-state index < -0.39 is 30.6 Å². The number of hydrogen-bond donors (Lipinski definition) is 4. The number of nitrogens with zero attached hydrogens (tertiary/aromatic N) is 1. The Hall–Kier alpha value is -3.43. The Kier molecular flexibility index (Phi) is 11.8. The van der Waals surface area contributed by atoms with Crippen molar-refractivity contribution in [2.24, 2.45) is 5.92 Å². The number of benzene rings is 2. The van der Waals surface area contributed by atoms with Crippen molar-refractivity contribution in [1.82, 2.24) is 20.9 Å². The standard InChI is InChI=1S/C30H42N4O5/c1-4-21(2)27-30(38)34(3)25(20-35)29(37)33-24(19-22-11-6-5-7-12-22)28(36)32-16-10-14-23-13-8-9-15-26(23)39-18-17-31-27/h5-9,11-13,15,21,24-25,27,31,35H,4,10,14,16-20H2,1-3H3,(H,32,36)(H,33,37)/t21-,24+,25-,27-/m0/s1. The van der Waals surface area contributed by atoms with Crippen molar-refractivity contribution in [2.45, 2.75) is 57.7 Å². The maximum Gasteiger partial charge on any atom is 0.245 e. The van der Waals surface area contributed by atoms with Crippen LogP contribution in [0.15, 0.2) is 54.6 Å². The number of rotatable bonds is 5. The van der Waals surface area contributed by atoms with Crippen molar-refractivity contribution >= 4 is 17.7 Å². The number of aryl methyl sites for hydroxylation is 1. The fourth-order valence-electron chi connectivity index (χ4n) is 4.69. The van der Waals surface area contributed by atoms with E-state index in [9.17, 15) is 19.5 Å². The predicted octanol–water partition coefficient (Wildman–Crippen LogP) is 1.68. The number of carbonyl (C=O) groups is 3. The van der Waals surface area contributed by atoms with E-state index in [2.05, 4.69) is 16.0 Å². The van der Waals surface area contributed by atoms with Crippen LogP contribution in [0.2, 0.25) is 0 Å². The van der Waals surface area contributed by atoms with Gasteiger partial charge in [-0.1, -0.05) is 68.8 Å². The van der Waals surface area contributed by atoms with E-state index in [4.69, 9.17) is 4.74 Å². The summed E-state index contributed by atoms with van der Waals surface area (Å²) >= 11 is 0. The quantitative estimate of drug-likeness (QED) is 0.460. The van der Waals surface area contributed by atoms with E-state index >= 15 is 0 Å². The minimum atomic E-state index is -1.14. The molecule has 212 valence electrons. The van der Waals surface area contributed by atoms with Crippen LogP contribution in [-0.2, 0) is 27.2 Å². The van der Waals surface area contributed by atoms with Crippen LogP contribution in [0.4, 0.5) is 0 Å². The summed E-state index contributed by atoms with van der Waals surface area (Å²) < 4.78 is 6.04. The van der Waals surface area contributed by atoms with E-state index in [1.807, 2.05) is 68.4 Å². The summed E-state index contributed by atoms with van der Waals surface area (Å²) in [6, 6.07) is 14.7. The first kappa shape index (κ1) is 30.1. The summed E-state index contributed by atoms with van der Waals surface area (Å²) in [4.78, 5) is 41.4. The van der Waals surface area contributed by atoms with Gasteiger partial charge in [-0.3, -0.25) is 14.4 Å². The van der Waals surface area contributed by atoms with Gasteiger partial charge in [-0.15, -0.1) is 0 Å². The molecule has 9 heteroatoms. The number of ether oxygens (including phenoxy) is 1. The lowest BCUT2D eigenvalue weighted by Crippen LogP contribution is -2.59. The van der Waals surface area contributed by atoms with Crippen molar-refractivity contribution in [1.29, 1.82) is 0 Å². The van der Waals surface area contributed by atoms with E-state index in [1.54, 1.807) is 0 Å². The summed E-state index contributed by atoms with van der Waals surface area (Å²) in [5.74, 6) is -0.431. The Morgan fingerprint density at radius 2 is 1.74 bits per heavy atom. The SMILES string of the molecule is CC[C@H](C)[C@@H]1NCCOc2ccccc2CCCNC(=O)[C@@H](Cc2ccccc2)NC(=O)[C@H](CO)N(C)C1=O. The van der Waals surface area contributed by atoms with Gasteiger partial charge in [-0.05, 0) is 36.0 Å². The smallest absolute Gasteiger partial charge is 0.245 e. The summed E-state index contributed by atoms with van der Waals surface area (Å²) in [6.07, 6.45) is 2.44. The minimum Gasteiger partial charge on any atom is -0.492 e. The number of aliphatic hydroxyl groups is 1.